The summed E-state index contributed by atoms with van der Waals surface area (Å²) in [4.78, 5) is 21.6. The second-order valence-electron chi connectivity index (χ2n) is 6.37. The summed E-state index contributed by atoms with van der Waals surface area (Å²) >= 11 is 0. The van der Waals surface area contributed by atoms with Gasteiger partial charge in [-0.2, -0.15) is 0 Å². The number of nitrogens with one attached hydrogen (secondary N) is 3. The molecule has 12 heteroatoms. The van der Waals surface area contributed by atoms with Crippen molar-refractivity contribution in [2.75, 3.05) is 22.5 Å². The Labute approximate surface area is 182 Å². The van der Waals surface area contributed by atoms with Crippen LogP contribution in [0, 0.1) is 15.9 Å². The number of methoxy groups -OCH3 is 1. The summed E-state index contributed by atoms with van der Waals surface area (Å²) in [6, 6.07) is 13.5. The van der Waals surface area contributed by atoms with Crippen LogP contribution in [0.4, 0.5) is 31.9 Å². The Kier molecular flexibility index (Phi) is 6.54. The zero-order valence-electron chi connectivity index (χ0n) is 16.5. The average molecular weight is 460 g/mol. The molecule has 0 fully saturated rings. The molecule has 0 saturated heterocycles. The highest BCUT2D eigenvalue weighted by molar-refractivity contribution is 7.92. The fourth-order valence-electron chi connectivity index (χ4n) is 2.64. The molecular formula is C20H17FN4O6S. The van der Waals surface area contributed by atoms with Crippen molar-refractivity contribution in [3.8, 4) is 5.75 Å². The van der Waals surface area contributed by atoms with E-state index in [2.05, 4.69) is 15.4 Å². The number of halogens is 1. The maximum Gasteiger partial charge on any atom is 0.323 e. The van der Waals surface area contributed by atoms with E-state index in [0.29, 0.717) is 5.75 Å². The molecule has 3 aromatic rings. The van der Waals surface area contributed by atoms with E-state index in [1.54, 1.807) is 12.1 Å². The number of hydrogen-bond donors (Lipinski definition) is 3. The summed E-state index contributed by atoms with van der Waals surface area (Å²) in [5.74, 6) is -0.606. The number of benzene rings is 3. The minimum Gasteiger partial charge on any atom is -0.497 e. The topological polar surface area (TPSA) is 140 Å². The van der Waals surface area contributed by atoms with Crippen molar-refractivity contribution in [2.24, 2.45) is 0 Å². The predicted octanol–water partition coefficient (Wildman–Crippen LogP) is 4.19. The predicted molar refractivity (Wildman–Crippen MR) is 116 cm³/mol. The number of amides is 2. The van der Waals surface area contributed by atoms with Crippen molar-refractivity contribution in [3.63, 3.8) is 0 Å². The van der Waals surface area contributed by atoms with Gasteiger partial charge in [-0.05, 0) is 42.5 Å². The highest BCUT2D eigenvalue weighted by Crippen LogP contribution is 2.24. The van der Waals surface area contributed by atoms with E-state index in [1.807, 2.05) is 0 Å². The Morgan fingerprint density at radius 1 is 0.969 bits per heavy atom. The number of nitro groups is 1. The van der Waals surface area contributed by atoms with Crippen LogP contribution < -0.4 is 20.1 Å². The van der Waals surface area contributed by atoms with Gasteiger partial charge in [0.05, 0.1) is 17.7 Å². The Hall–Kier alpha value is -4.19. The van der Waals surface area contributed by atoms with Crippen LogP contribution in [0.2, 0.25) is 0 Å². The number of rotatable bonds is 7. The van der Waals surface area contributed by atoms with Crippen LogP contribution in [-0.2, 0) is 10.0 Å². The lowest BCUT2D eigenvalue weighted by molar-refractivity contribution is -0.384. The first-order valence-corrected chi connectivity index (χ1v) is 10.4. The van der Waals surface area contributed by atoms with Crippen molar-refractivity contribution in [1.82, 2.24) is 0 Å². The largest absolute Gasteiger partial charge is 0.497 e. The van der Waals surface area contributed by atoms with Crippen molar-refractivity contribution in [3.05, 3.63) is 82.7 Å². The highest BCUT2D eigenvalue weighted by Gasteiger charge is 2.21. The van der Waals surface area contributed by atoms with E-state index in [-0.39, 0.29) is 22.7 Å². The van der Waals surface area contributed by atoms with Crippen LogP contribution >= 0.6 is 0 Å². The first-order valence-electron chi connectivity index (χ1n) is 8.97. The zero-order valence-corrected chi connectivity index (χ0v) is 17.4. The molecular weight excluding hydrogens is 443 g/mol. The Morgan fingerprint density at radius 2 is 1.62 bits per heavy atom. The summed E-state index contributed by atoms with van der Waals surface area (Å²) < 4.78 is 46.9. The highest BCUT2D eigenvalue weighted by atomic mass is 32.2. The minimum atomic E-state index is -4.32. The molecule has 0 aliphatic heterocycles. The number of ether oxygens (including phenoxy) is 1. The van der Waals surface area contributed by atoms with Gasteiger partial charge in [0.25, 0.3) is 15.7 Å². The molecule has 0 saturated carbocycles. The van der Waals surface area contributed by atoms with Gasteiger partial charge >= 0.3 is 6.03 Å². The van der Waals surface area contributed by atoms with E-state index < -0.39 is 31.7 Å². The van der Waals surface area contributed by atoms with Gasteiger partial charge in [0.1, 0.15) is 16.5 Å². The number of carbonyl (C=O) groups excluding carboxylic acids is 1. The third kappa shape index (κ3) is 5.49. The fraction of sp³-hybridized carbons (Fsp3) is 0.0500. The molecule has 0 atom stereocenters. The molecule has 0 aliphatic rings. The van der Waals surface area contributed by atoms with Crippen molar-refractivity contribution in [2.45, 2.75) is 4.90 Å². The van der Waals surface area contributed by atoms with Gasteiger partial charge in [0.2, 0.25) is 0 Å². The van der Waals surface area contributed by atoms with Crippen LogP contribution in [0.15, 0.2) is 71.6 Å². The third-order valence-corrected chi connectivity index (χ3v) is 5.53. The van der Waals surface area contributed by atoms with E-state index in [4.69, 9.17) is 4.74 Å². The Bertz CT molecular complexity index is 1270. The van der Waals surface area contributed by atoms with Gasteiger partial charge in [-0.25, -0.2) is 17.6 Å². The van der Waals surface area contributed by atoms with Crippen molar-refractivity contribution < 1.29 is 27.3 Å². The monoisotopic (exact) mass is 460 g/mol. The molecule has 0 unspecified atom stereocenters. The summed E-state index contributed by atoms with van der Waals surface area (Å²) in [6.45, 7) is 0. The number of sulfonamides is 1. The zero-order chi connectivity index (χ0) is 23.3. The smallest absolute Gasteiger partial charge is 0.323 e. The maximum absolute atomic E-state index is 14.3. The summed E-state index contributed by atoms with van der Waals surface area (Å²) in [5, 5.41) is 15.5. The number of nitrogens with zero attached hydrogens (tertiary/aromatic N) is 1. The van der Waals surface area contributed by atoms with Gasteiger partial charge < -0.3 is 15.4 Å². The van der Waals surface area contributed by atoms with Gasteiger partial charge in [0.15, 0.2) is 0 Å². The maximum atomic E-state index is 14.3. The van der Waals surface area contributed by atoms with Crippen LogP contribution in [0.5, 0.6) is 5.75 Å². The Morgan fingerprint density at radius 3 is 2.28 bits per heavy atom. The van der Waals surface area contributed by atoms with E-state index in [1.165, 1.54) is 49.6 Å². The van der Waals surface area contributed by atoms with E-state index >= 15 is 0 Å². The van der Waals surface area contributed by atoms with Gasteiger partial charge in [0, 0.05) is 29.6 Å². The molecule has 0 radical (unpaired) electrons. The number of carbonyl (C=O) groups is 1. The molecule has 2 amide bonds. The Balaban J connectivity index is 1.75. The van der Waals surface area contributed by atoms with E-state index in [9.17, 15) is 27.7 Å². The van der Waals surface area contributed by atoms with Gasteiger partial charge in [-0.1, -0.05) is 6.07 Å². The number of urea groups is 1. The minimum absolute atomic E-state index is 0.0110. The number of hydrogen-bond acceptors (Lipinski definition) is 6. The molecule has 3 rings (SSSR count). The SMILES string of the molecule is COc1cccc(NS(=O)(=O)c2cc(NC(=O)Nc3ccc([N+](=O)[O-])cc3)ccc2F)c1. The van der Waals surface area contributed by atoms with Gasteiger partial charge in [-0.3, -0.25) is 14.8 Å². The quantitative estimate of drug-likeness (QED) is 0.357. The van der Waals surface area contributed by atoms with Gasteiger partial charge in [-0.15, -0.1) is 0 Å². The second kappa shape index (κ2) is 9.31. The molecule has 0 bridgehead atoms. The molecule has 0 heterocycles. The molecule has 0 spiro atoms. The summed E-state index contributed by atoms with van der Waals surface area (Å²) in [6.07, 6.45) is 0. The van der Waals surface area contributed by atoms with Crippen molar-refractivity contribution >= 4 is 38.8 Å². The lowest BCUT2D eigenvalue weighted by Crippen LogP contribution is -2.20. The van der Waals surface area contributed by atoms with Crippen LogP contribution in [0.3, 0.4) is 0 Å². The summed E-state index contributed by atoms with van der Waals surface area (Å²) in [7, 11) is -2.89. The molecule has 166 valence electrons. The first kappa shape index (κ1) is 22.5. The number of anilines is 3. The molecule has 3 aromatic carbocycles. The normalized spacial score (nSPS) is 10.8. The standard InChI is InChI=1S/C20H17FN4O6S/c1-31-17-4-2-3-15(11-17)24-32(29,30)19-12-14(7-10-18(19)21)23-20(26)22-13-5-8-16(9-6-13)25(27)28/h2-12,24H,1H3,(H2,22,23,26). The van der Waals surface area contributed by atoms with E-state index in [0.717, 1.165) is 12.1 Å². The molecule has 32 heavy (non-hydrogen) atoms. The third-order valence-electron chi connectivity index (χ3n) is 4.14. The van der Waals surface area contributed by atoms with Crippen LogP contribution in [0.25, 0.3) is 0 Å². The van der Waals surface area contributed by atoms with Crippen molar-refractivity contribution in [1.29, 1.82) is 0 Å². The molecule has 0 aliphatic carbocycles. The molecule has 3 N–H and O–H groups in total. The number of non-ortho nitro benzene ring substituents is 1. The number of nitro benzene ring substituents is 1. The lowest BCUT2D eigenvalue weighted by Gasteiger charge is -2.12. The second-order valence-corrected chi connectivity index (χ2v) is 8.02. The summed E-state index contributed by atoms with van der Waals surface area (Å²) in [5.41, 5.74) is 0.297. The lowest BCUT2D eigenvalue weighted by atomic mass is 10.3. The molecule has 0 aromatic heterocycles. The fourth-order valence-corrected chi connectivity index (χ4v) is 3.80. The average Bonchev–Trinajstić information content (AvgIpc) is 2.75. The van der Waals surface area contributed by atoms with Crippen LogP contribution in [-0.4, -0.2) is 26.5 Å². The van der Waals surface area contributed by atoms with Crippen LogP contribution in [0.1, 0.15) is 0 Å². The first-order chi connectivity index (χ1) is 15.2. The molecule has 10 nitrogen and oxygen atoms in total.